The van der Waals surface area contributed by atoms with Gasteiger partial charge in [0.05, 0.1) is 13.7 Å². The summed E-state index contributed by atoms with van der Waals surface area (Å²) in [5.41, 5.74) is 1.99. The van der Waals surface area contributed by atoms with Crippen LogP contribution in [-0.4, -0.2) is 12.1 Å². The van der Waals surface area contributed by atoms with Crippen molar-refractivity contribution in [2.75, 3.05) is 7.11 Å². The molecule has 74 valence electrons. The molecule has 1 aromatic carbocycles. The lowest BCUT2D eigenvalue weighted by atomic mass is 10.1. The molecule has 0 fully saturated rings. The minimum atomic E-state index is 0.351. The highest BCUT2D eigenvalue weighted by atomic mass is 16.6. The number of rotatable bonds is 3. The number of hydrogen-bond donors (Lipinski definition) is 2. The van der Waals surface area contributed by atoms with Gasteiger partial charge in [-0.2, -0.15) is 0 Å². The van der Waals surface area contributed by atoms with E-state index >= 15 is 0 Å². The lowest BCUT2D eigenvalue weighted by Crippen LogP contribution is -2.01. The Balaban J connectivity index is 2.60. The van der Waals surface area contributed by atoms with Crippen LogP contribution in [0.15, 0.2) is 24.4 Å². The standard InChI is InChI=1S/C10H12N2O2/c1-13-10-7(6-14-11)2-3-9-8(10)4-5-12-9/h2-5,12H,6,11H2,1H3. The van der Waals surface area contributed by atoms with E-state index in [0.29, 0.717) is 6.61 Å². The van der Waals surface area contributed by atoms with E-state index in [9.17, 15) is 0 Å². The zero-order chi connectivity index (χ0) is 9.97. The fourth-order valence-corrected chi connectivity index (χ4v) is 1.60. The molecule has 2 aromatic rings. The molecule has 14 heavy (non-hydrogen) atoms. The molecule has 0 atom stereocenters. The Kier molecular flexibility index (Phi) is 2.39. The maximum atomic E-state index is 5.31. The van der Waals surface area contributed by atoms with Gasteiger partial charge in [0.1, 0.15) is 5.75 Å². The highest BCUT2D eigenvalue weighted by Crippen LogP contribution is 2.29. The van der Waals surface area contributed by atoms with E-state index in [4.69, 9.17) is 10.6 Å². The summed E-state index contributed by atoms with van der Waals surface area (Å²) in [5.74, 6) is 5.85. The molecule has 1 aromatic heterocycles. The second-order valence-corrected chi connectivity index (χ2v) is 3.01. The molecule has 4 heteroatoms. The van der Waals surface area contributed by atoms with E-state index < -0.39 is 0 Å². The Bertz CT molecular complexity index is 437. The van der Waals surface area contributed by atoms with Gasteiger partial charge in [0.25, 0.3) is 0 Å². The van der Waals surface area contributed by atoms with Crippen molar-refractivity contribution in [3.8, 4) is 5.75 Å². The van der Waals surface area contributed by atoms with E-state index in [1.54, 1.807) is 7.11 Å². The molecule has 4 nitrogen and oxygen atoms in total. The van der Waals surface area contributed by atoms with Crippen molar-refractivity contribution in [2.24, 2.45) is 5.90 Å². The Morgan fingerprint density at radius 3 is 2.93 bits per heavy atom. The average molecular weight is 192 g/mol. The maximum absolute atomic E-state index is 5.31. The number of fused-ring (bicyclic) bond motifs is 1. The summed E-state index contributed by atoms with van der Waals surface area (Å²) < 4.78 is 5.31. The van der Waals surface area contributed by atoms with Crippen molar-refractivity contribution in [3.63, 3.8) is 0 Å². The van der Waals surface area contributed by atoms with Gasteiger partial charge in [-0.1, -0.05) is 6.07 Å². The first kappa shape index (κ1) is 9.05. The van der Waals surface area contributed by atoms with Crippen molar-refractivity contribution in [3.05, 3.63) is 30.0 Å². The number of methoxy groups -OCH3 is 1. The van der Waals surface area contributed by atoms with Gasteiger partial charge in [0.2, 0.25) is 0 Å². The van der Waals surface area contributed by atoms with E-state index in [-0.39, 0.29) is 0 Å². The third kappa shape index (κ3) is 1.34. The van der Waals surface area contributed by atoms with Gasteiger partial charge in [-0.05, 0) is 12.1 Å². The van der Waals surface area contributed by atoms with Crippen LogP contribution >= 0.6 is 0 Å². The van der Waals surface area contributed by atoms with Crippen LogP contribution in [0.1, 0.15) is 5.56 Å². The van der Waals surface area contributed by atoms with Crippen LogP contribution in [0.5, 0.6) is 5.75 Å². The first-order valence-electron chi connectivity index (χ1n) is 4.31. The number of nitrogens with one attached hydrogen (secondary N) is 1. The number of hydrogen-bond acceptors (Lipinski definition) is 3. The largest absolute Gasteiger partial charge is 0.496 e. The molecule has 2 rings (SSSR count). The number of ether oxygens (including phenoxy) is 1. The van der Waals surface area contributed by atoms with Crippen molar-refractivity contribution < 1.29 is 9.57 Å². The van der Waals surface area contributed by atoms with Crippen LogP contribution in [0.2, 0.25) is 0 Å². The SMILES string of the molecule is COc1c(CON)ccc2[nH]ccc12. The van der Waals surface area contributed by atoms with Crippen LogP contribution in [0.3, 0.4) is 0 Å². The van der Waals surface area contributed by atoms with Crippen LogP contribution in [0, 0.1) is 0 Å². The normalized spacial score (nSPS) is 10.7. The number of aromatic amines is 1. The summed E-state index contributed by atoms with van der Waals surface area (Å²) in [5, 5.41) is 1.04. The first-order chi connectivity index (χ1) is 6.86. The second kappa shape index (κ2) is 3.69. The number of H-pyrrole nitrogens is 1. The zero-order valence-electron chi connectivity index (χ0n) is 7.91. The third-order valence-electron chi connectivity index (χ3n) is 2.21. The molecule has 0 bridgehead atoms. The predicted octanol–water partition coefficient (Wildman–Crippen LogP) is 1.57. The smallest absolute Gasteiger partial charge is 0.133 e. The van der Waals surface area contributed by atoms with Crippen LogP contribution in [0.25, 0.3) is 10.9 Å². The molecule has 0 radical (unpaired) electrons. The van der Waals surface area contributed by atoms with Crippen molar-refractivity contribution >= 4 is 10.9 Å². The summed E-state index contributed by atoms with van der Waals surface area (Å²) in [6.07, 6.45) is 1.88. The fraction of sp³-hybridized carbons (Fsp3) is 0.200. The molecule has 0 saturated heterocycles. The summed E-state index contributed by atoms with van der Waals surface area (Å²) in [7, 11) is 1.64. The third-order valence-corrected chi connectivity index (χ3v) is 2.21. The molecule has 3 N–H and O–H groups in total. The van der Waals surface area contributed by atoms with Crippen molar-refractivity contribution in [1.82, 2.24) is 4.98 Å². The monoisotopic (exact) mass is 192 g/mol. The minimum absolute atomic E-state index is 0.351. The number of nitrogens with two attached hydrogens (primary N) is 1. The molecular weight excluding hydrogens is 180 g/mol. The van der Waals surface area contributed by atoms with Crippen LogP contribution < -0.4 is 10.6 Å². The van der Waals surface area contributed by atoms with E-state index in [2.05, 4.69) is 9.82 Å². The van der Waals surface area contributed by atoms with Gasteiger partial charge in [-0.15, -0.1) is 0 Å². The van der Waals surface area contributed by atoms with Gasteiger partial charge in [0.15, 0.2) is 0 Å². The predicted molar refractivity (Wildman–Crippen MR) is 53.8 cm³/mol. The molecule has 0 aliphatic heterocycles. The van der Waals surface area contributed by atoms with Crippen LogP contribution in [0.4, 0.5) is 0 Å². The molecular formula is C10H12N2O2. The van der Waals surface area contributed by atoms with Gasteiger partial charge >= 0.3 is 0 Å². The Morgan fingerprint density at radius 2 is 2.21 bits per heavy atom. The fourth-order valence-electron chi connectivity index (χ4n) is 1.60. The number of aromatic nitrogens is 1. The lowest BCUT2D eigenvalue weighted by Gasteiger charge is -2.08. The van der Waals surface area contributed by atoms with E-state index in [0.717, 1.165) is 22.2 Å². The molecule has 0 saturated carbocycles. The van der Waals surface area contributed by atoms with Crippen LogP contribution in [-0.2, 0) is 11.4 Å². The summed E-state index contributed by atoms with van der Waals surface area (Å²) >= 11 is 0. The topological polar surface area (TPSA) is 60.3 Å². The second-order valence-electron chi connectivity index (χ2n) is 3.01. The van der Waals surface area contributed by atoms with E-state index in [1.807, 2.05) is 24.4 Å². The zero-order valence-corrected chi connectivity index (χ0v) is 7.91. The minimum Gasteiger partial charge on any atom is -0.496 e. The first-order valence-corrected chi connectivity index (χ1v) is 4.31. The Morgan fingerprint density at radius 1 is 1.36 bits per heavy atom. The molecule has 0 aliphatic carbocycles. The van der Waals surface area contributed by atoms with Crippen molar-refractivity contribution in [2.45, 2.75) is 6.61 Å². The Hall–Kier alpha value is -1.52. The Labute approximate surface area is 81.6 Å². The van der Waals surface area contributed by atoms with Gasteiger partial charge in [-0.3, -0.25) is 4.84 Å². The summed E-state index contributed by atoms with van der Waals surface area (Å²) in [6.45, 7) is 0.351. The molecule has 0 unspecified atom stereocenters. The van der Waals surface area contributed by atoms with Crippen molar-refractivity contribution in [1.29, 1.82) is 0 Å². The highest BCUT2D eigenvalue weighted by molar-refractivity contribution is 5.87. The lowest BCUT2D eigenvalue weighted by molar-refractivity contribution is 0.122. The molecule has 0 spiro atoms. The highest BCUT2D eigenvalue weighted by Gasteiger charge is 2.08. The van der Waals surface area contributed by atoms with Gasteiger partial charge in [-0.25, -0.2) is 5.90 Å². The van der Waals surface area contributed by atoms with Gasteiger partial charge < -0.3 is 9.72 Å². The quantitative estimate of drug-likeness (QED) is 0.725. The molecule has 1 heterocycles. The number of benzene rings is 1. The van der Waals surface area contributed by atoms with Gasteiger partial charge in [0, 0.05) is 22.7 Å². The maximum Gasteiger partial charge on any atom is 0.133 e. The van der Waals surface area contributed by atoms with E-state index in [1.165, 1.54) is 0 Å². The summed E-state index contributed by atoms with van der Waals surface area (Å²) in [6, 6.07) is 5.88. The molecule has 0 amide bonds. The summed E-state index contributed by atoms with van der Waals surface area (Å²) in [4.78, 5) is 7.72. The average Bonchev–Trinajstić information content (AvgIpc) is 2.66. The molecule has 0 aliphatic rings.